The standard InChI is InChI=1S/C14H22Cl2N2S/c1-10(9-19-3)18(2)8-7-13(17)11-5-4-6-12(15)14(11)16/h4-6,10,13H,7-9,17H2,1-3H3. The molecule has 108 valence electrons. The SMILES string of the molecule is CSCC(C)N(C)CCC(N)c1cccc(Cl)c1Cl. The van der Waals surface area contributed by atoms with Gasteiger partial charge in [0, 0.05) is 17.8 Å². The Morgan fingerprint density at radius 2 is 2.05 bits per heavy atom. The summed E-state index contributed by atoms with van der Waals surface area (Å²) in [6, 6.07) is 6.10. The summed E-state index contributed by atoms with van der Waals surface area (Å²) in [5.74, 6) is 1.13. The van der Waals surface area contributed by atoms with Gasteiger partial charge in [-0.25, -0.2) is 0 Å². The van der Waals surface area contributed by atoms with Crippen LogP contribution in [-0.2, 0) is 0 Å². The molecule has 0 bridgehead atoms. The molecule has 0 fully saturated rings. The summed E-state index contributed by atoms with van der Waals surface area (Å²) >= 11 is 14.1. The number of nitrogens with zero attached hydrogens (tertiary/aromatic N) is 1. The van der Waals surface area contributed by atoms with Gasteiger partial charge in [0.05, 0.1) is 10.0 Å². The Morgan fingerprint density at radius 1 is 1.37 bits per heavy atom. The van der Waals surface area contributed by atoms with Crippen molar-refractivity contribution in [2.45, 2.75) is 25.4 Å². The molecule has 0 amide bonds. The summed E-state index contributed by atoms with van der Waals surface area (Å²) in [7, 11) is 2.13. The van der Waals surface area contributed by atoms with Gasteiger partial charge in [-0.05, 0) is 44.8 Å². The van der Waals surface area contributed by atoms with Crippen LogP contribution in [0.1, 0.15) is 24.9 Å². The second-order valence-corrected chi connectivity index (χ2v) is 6.52. The fourth-order valence-corrected chi connectivity index (χ4v) is 3.08. The van der Waals surface area contributed by atoms with E-state index in [-0.39, 0.29) is 6.04 Å². The Balaban J connectivity index is 2.55. The molecule has 0 heterocycles. The molecule has 2 nitrogen and oxygen atoms in total. The quantitative estimate of drug-likeness (QED) is 0.821. The highest BCUT2D eigenvalue weighted by atomic mass is 35.5. The number of halogens is 2. The van der Waals surface area contributed by atoms with Gasteiger partial charge in [-0.2, -0.15) is 11.8 Å². The molecule has 0 radical (unpaired) electrons. The largest absolute Gasteiger partial charge is 0.324 e. The molecular weight excluding hydrogens is 299 g/mol. The highest BCUT2D eigenvalue weighted by Crippen LogP contribution is 2.30. The van der Waals surface area contributed by atoms with E-state index in [0.717, 1.165) is 24.3 Å². The third kappa shape index (κ3) is 5.16. The predicted octanol–water partition coefficient (Wildman–Crippen LogP) is 4.07. The Hall–Kier alpha value is 0.0700. The second-order valence-electron chi connectivity index (χ2n) is 4.82. The van der Waals surface area contributed by atoms with E-state index < -0.39 is 0 Å². The fourth-order valence-electron chi connectivity index (χ4n) is 1.89. The van der Waals surface area contributed by atoms with Gasteiger partial charge in [-0.3, -0.25) is 0 Å². The van der Waals surface area contributed by atoms with Gasteiger partial charge in [0.2, 0.25) is 0 Å². The van der Waals surface area contributed by atoms with E-state index >= 15 is 0 Å². The highest BCUT2D eigenvalue weighted by Gasteiger charge is 2.14. The van der Waals surface area contributed by atoms with Gasteiger partial charge in [-0.1, -0.05) is 35.3 Å². The number of hydrogen-bond acceptors (Lipinski definition) is 3. The number of thioether (sulfide) groups is 1. The Kier molecular flexibility index (Phi) is 7.55. The summed E-state index contributed by atoms with van der Waals surface area (Å²) in [4.78, 5) is 2.33. The lowest BCUT2D eigenvalue weighted by Crippen LogP contribution is -2.33. The van der Waals surface area contributed by atoms with Crippen LogP contribution in [-0.4, -0.2) is 36.5 Å². The Bertz CT molecular complexity index is 401. The molecule has 0 saturated carbocycles. The minimum Gasteiger partial charge on any atom is -0.324 e. The van der Waals surface area contributed by atoms with E-state index in [9.17, 15) is 0 Å². The van der Waals surface area contributed by atoms with Gasteiger partial charge < -0.3 is 10.6 Å². The molecule has 2 atom stereocenters. The van der Waals surface area contributed by atoms with Gasteiger partial charge in [0.15, 0.2) is 0 Å². The zero-order chi connectivity index (χ0) is 14.4. The van der Waals surface area contributed by atoms with E-state index in [4.69, 9.17) is 28.9 Å². The molecule has 0 aliphatic carbocycles. The van der Waals surface area contributed by atoms with Crippen molar-refractivity contribution in [3.8, 4) is 0 Å². The minimum atomic E-state index is -0.0740. The van der Waals surface area contributed by atoms with Crippen LogP contribution in [0, 0.1) is 0 Å². The van der Waals surface area contributed by atoms with Crippen molar-refractivity contribution in [3.63, 3.8) is 0 Å². The number of rotatable bonds is 7. The van der Waals surface area contributed by atoms with Gasteiger partial charge in [0.25, 0.3) is 0 Å². The number of hydrogen-bond donors (Lipinski definition) is 1. The van der Waals surface area contributed by atoms with Crippen molar-refractivity contribution in [3.05, 3.63) is 33.8 Å². The maximum absolute atomic E-state index is 6.21. The van der Waals surface area contributed by atoms with Crippen LogP contribution in [0.5, 0.6) is 0 Å². The molecular formula is C14H22Cl2N2S. The third-order valence-electron chi connectivity index (χ3n) is 3.33. The normalized spacial score (nSPS) is 14.7. The van der Waals surface area contributed by atoms with Crippen LogP contribution in [0.3, 0.4) is 0 Å². The summed E-state index contributed by atoms with van der Waals surface area (Å²) in [5, 5.41) is 1.15. The first-order valence-electron chi connectivity index (χ1n) is 6.36. The zero-order valence-electron chi connectivity index (χ0n) is 11.7. The summed E-state index contributed by atoms with van der Waals surface area (Å²) < 4.78 is 0. The predicted molar refractivity (Wildman–Crippen MR) is 88.5 cm³/mol. The third-order valence-corrected chi connectivity index (χ3v) is 4.98. The van der Waals surface area contributed by atoms with Crippen molar-refractivity contribution in [1.29, 1.82) is 0 Å². The van der Waals surface area contributed by atoms with Gasteiger partial charge in [0.1, 0.15) is 0 Å². The fraction of sp³-hybridized carbons (Fsp3) is 0.571. The van der Waals surface area contributed by atoms with Crippen molar-refractivity contribution in [1.82, 2.24) is 4.90 Å². The first-order valence-corrected chi connectivity index (χ1v) is 8.51. The molecule has 0 aliphatic rings. The van der Waals surface area contributed by atoms with Crippen LogP contribution in [0.2, 0.25) is 10.0 Å². The van der Waals surface area contributed by atoms with E-state index in [1.165, 1.54) is 0 Å². The average Bonchev–Trinajstić information content (AvgIpc) is 2.39. The molecule has 5 heteroatoms. The van der Waals surface area contributed by atoms with E-state index in [1.807, 2.05) is 23.9 Å². The molecule has 0 saturated heterocycles. The smallest absolute Gasteiger partial charge is 0.0640 e. The molecule has 2 N–H and O–H groups in total. The maximum Gasteiger partial charge on any atom is 0.0640 e. The Morgan fingerprint density at radius 3 is 2.68 bits per heavy atom. The number of benzene rings is 1. The van der Waals surface area contributed by atoms with Gasteiger partial charge in [-0.15, -0.1) is 0 Å². The molecule has 1 aromatic carbocycles. The molecule has 0 aromatic heterocycles. The number of nitrogens with two attached hydrogens (primary N) is 1. The highest BCUT2D eigenvalue weighted by molar-refractivity contribution is 7.98. The lowest BCUT2D eigenvalue weighted by molar-refractivity contribution is 0.267. The van der Waals surface area contributed by atoms with E-state index in [2.05, 4.69) is 25.1 Å². The Labute approximate surface area is 130 Å². The van der Waals surface area contributed by atoms with Gasteiger partial charge >= 0.3 is 0 Å². The van der Waals surface area contributed by atoms with Crippen molar-refractivity contribution in [2.75, 3.05) is 25.6 Å². The minimum absolute atomic E-state index is 0.0740. The molecule has 0 spiro atoms. The molecule has 2 unspecified atom stereocenters. The first-order chi connectivity index (χ1) is 8.97. The van der Waals surface area contributed by atoms with Crippen molar-refractivity contribution < 1.29 is 0 Å². The van der Waals surface area contributed by atoms with Crippen LogP contribution in [0.25, 0.3) is 0 Å². The first kappa shape index (κ1) is 17.1. The molecule has 1 aromatic rings. The topological polar surface area (TPSA) is 29.3 Å². The summed E-state index contributed by atoms with van der Waals surface area (Å²) in [6.45, 7) is 3.18. The maximum atomic E-state index is 6.21. The lowest BCUT2D eigenvalue weighted by Gasteiger charge is -2.25. The molecule has 1 rings (SSSR count). The molecule has 19 heavy (non-hydrogen) atoms. The summed E-state index contributed by atoms with van der Waals surface area (Å²) in [6.07, 6.45) is 3.00. The van der Waals surface area contributed by atoms with Crippen LogP contribution in [0.15, 0.2) is 18.2 Å². The second kappa shape index (κ2) is 8.38. The molecule has 0 aliphatic heterocycles. The van der Waals surface area contributed by atoms with Crippen molar-refractivity contribution >= 4 is 35.0 Å². The zero-order valence-corrected chi connectivity index (χ0v) is 14.0. The van der Waals surface area contributed by atoms with Crippen LogP contribution < -0.4 is 5.73 Å². The van der Waals surface area contributed by atoms with E-state index in [0.29, 0.717) is 16.1 Å². The lowest BCUT2D eigenvalue weighted by atomic mass is 10.0. The van der Waals surface area contributed by atoms with Crippen LogP contribution in [0.4, 0.5) is 0 Å². The van der Waals surface area contributed by atoms with Crippen LogP contribution >= 0.6 is 35.0 Å². The van der Waals surface area contributed by atoms with E-state index in [1.54, 1.807) is 6.07 Å². The average molecular weight is 321 g/mol. The van der Waals surface area contributed by atoms with Crippen molar-refractivity contribution in [2.24, 2.45) is 5.73 Å². The monoisotopic (exact) mass is 320 g/mol. The summed E-state index contributed by atoms with van der Waals surface area (Å²) in [5.41, 5.74) is 7.14.